The molecule has 0 fully saturated rings. The van der Waals surface area contributed by atoms with Gasteiger partial charge in [-0.3, -0.25) is 4.79 Å². The largest absolute Gasteiger partial charge is 0.466 e. The highest BCUT2D eigenvalue weighted by Crippen LogP contribution is 2.31. The van der Waals surface area contributed by atoms with Gasteiger partial charge >= 0.3 is 5.97 Å². The number of amides is 1. The summed E-state index contributed by atoms with van der Waals surface area (Å²) in [4.78, 5) is 24.6. The molecule has 1 aliphatic heterocycles. The molecule has 1 N–H and O–H groups in total. The Morgan fingerprint density at radius 2 is 2.05 bits per heavy atom. The standard InChI is InChI=1S/C16H18N2O3/c1-11-10-13-6-4-5-7-14(13)18(9-8-15(20)21-3)16(11)17-12(2)19/h4-10,16H,1-3H3,(H,17,19)/b9-8+. The molecule has 0 spiro atoms. The van der Waals surface area contributed by atoms with Gasteiger partial charge in [-0.1, -0.05) is 24.3 Å². The highest BCUT2D eigenvalue weighted by molar-refractivity contribution is 5.84. The minimum absolute atomic E-state index is 0.136. The van der Waals surface area contributed by atoms with Gasteiger partial charge in [-0.15, -0.1) is 0 Å². The van der Waals surface area contributed by atoms with Crippen LogP contribution < -0.4 is 10.2 Å². The number of para-hydroxylation sites is 1. The molecule has 0 aromatic heterocycles. The Kier molecular flexibility index (Phi) is 4.42. The third-order valence-electron chi connectivity index (χ3n) is 3.22. The maximum atomic E-state index is 11.4. The molecule has 0 saturated heterocycles. The van der Waals surface area contributed by atoms with Crippen LogP contribution in [0, 0.1) is 0 Å². The van der Waals surface area contributed by atoms with E-state index in [9.17, 15) is 9.59 Å². The molecule has 1 aromatic rings. The maximum Gasteiger partial charge on any atom is 0.331 e. The number of ether oxygens (including phenoxy) is 1. The van der Waals surface area contributed by atoms with Crippen LogP contribution in [0.2, 0.25) is 0 Å². The summed E-state index contributed by atoms with van der Waals surface area (Å²) >= 11 is 0. The number of anilines is 1. The molecule has 5 heteroatoms. The molecule has 1 unspecified atom stereocenters. The highest BCUT2D eigenvalue weighted by Gasteiger charge is 2.25. The number of esters is 1. The summed E-state index contributed by atoms with van der Waals surface area (Å²) in [6, 6.07) is 7.79. The van der Waals surface area contributed by atoms with Gasteiger partial charge in [-0.2, -0.15) is 0 Å². The van der Waals surface area contributed by atoms with Crippen LogP contribution in [0.3, 0.4) is 0 Å². The topological polar surface area (TPSA) is 58.6 Å². The first-order valence-electron chi connectivity index (χ1n) is 6.61. The number of fused-ring (bicyclic) bond motifs is 1. The summed E-state index contributed by atoms with van der Waals surface area (Å²) in [6.45, 7) is 3.41. The Labute approximate surface area is 123 Å². The van der Waals surface area contributed by atoms with Crippen molar-refractivity contribution in [2.24, 2.45) is 0 Å². The summed E-state index contributed by atoms with van der Waals surface area (Å²) in [6.07, 6.45) is 4.67. The first-order chi connectivity index (χ1) is 10.0. The van der Waals surface area contributed by atoms with Crippen LogP contribution in [0.5, 0.6) is 0 Å². The van der Waals surface area contributed by atoms with Gasteiger partial charge in [0.2, 0.25) is 5.91 Å². The first kappa shape index (κ1) is 14.8. The lowest BCUT2D eigenvalue weighted by atomic mass is 10.0. The smallest absolute Gasteiger partial charge is 0.331 e. The lowest BCUT2D eigenvalue weighted by Crippen LogP contribution is -2.47. The molecule has 5 nitrogen and oxygen atoms in total. The number of rotatable bonds is 3. The van der Waals surface area contributed by atoms with E-state index in [1.165, 1.54) is 20.1 Å². The second-order valence-electron chi connectivity index (χ2n) is 4.80. The number of benzene rings is 1. The Morgan fingerprint density at radius 1 is 1.33 bits per heavy atom. The van der Waals surface area contributed by atoms with Crippen molar-refractivity contribution in [1.82, 2.24) is 5.32 Å². The lowest BCUT2D eigenvalue weighted by molar-refractivity contribution is -0.134. The van der Waals surface area contributed by atoms with Gasteiger partial charge in [0.15, 0.2) is 0 Å². The number of methoxy groups -OCH3 is 1. The van der Waals surface area contributed by atoms with Crippen LogP contribution in [0.25, 0.3) is 6.08 Å². The van der Waals surface area contributed by atoms with Crippen molar-refractivity contribution < 1.29 is 14.3 Å². The molecule has 0 saturated carbocycles. The summed E-state index contributed by atoms with van der Waals surface area (Å²) in [5.74, 6) is -0.579. The van der Waals surface area contributed by atoms with Gasteiger partial charge in [0, 0.05) is 24.9 Å². The second kappa shape index (κ2) is 6.26. The summed E-state index contributed by atoms with van der Waals surface area (Å²) < 4.78 is 4.62. The van der Waals surface area contributed by atoms with E-state index in [4.69, 9.17) is 0 Å². The molecular formula is C16H18N2O3. The molecule has 2 rings (SSSR count). The van der Waals surface area contributed by atoms with Gasteiger partial charge in [-0.05, 0) is 24.1 Å². The number of nitrogens with one attached hydrogen (secondary N) is 1. The van der Waals surface area contributed by atoms with Crippen LogP contribution in [-0.4, -0.2) is 25.2 Å². The van der Waals surface area contributed by atoms with Gasteiger partial charge in [0.25, 0.3) is 0 Å². The van der Waals surface area contributed by atoms with Crippen molar-refractivity contribution in [3.05, 3.63) is 47.7 Å². The normalized spacial score (nSPS) is 17.2. The maximum absolute atomic E-state index is 11.4. The van der Waals surface area contributed by atoms with Crippen molar-refractivity contribution in [2.45, 2.75) is 20.0 Å². The summed E-state index contributed by atoms with van der Waals surface area (Å²) in [5.41, 5.74) is 2.94. The van der Waals surface area contributed by atoms with Gasteiger partial charge in [0.1, 0.15) is 6.17 Å². The number of nitrogens with zero attached hydrogens (tertiary/aromatic N) is 1. The van der Waals surface area contributed by atoms with E-state index >= 15 is 0 Å². The predicted molar refractivity (Wildman–Crippen MR) is 81.3 cm³/mol. The minimum Gasteiger partial charge on any atom is -0.466 e. The first-order valence-corrected chi connectivity index (χ1v) is 6.61. The molecule has 0 bridgehead atoms. The third-order valence-corrected chi connectivity index (χ3v) is 3.22. The van der Waals surface area contributed by atoms with Crippen LogP contribution in [0.4, 0.5) is 5.69 Å². The monoisotopic (exact) mass is 286 g/mol. The number of hydrogen-bond acceptors (Lipinski definition) is 4. The Morgan fingerprint density at radius 3 is 2.71 bits per heavy atom. The zero-order chi connectivity index (χ0) is 15.4. The van der Waals surface area contributed by atoms with E-state index in [1.54, 1.807) is 6.20 Å². The van der Waals surface area contributed by atoms with E-state index < -0.39 is 5.97 Å². The Bertz CT molecular complexity index is 620. The lowest BCUT2D eigenvalue weighted by Gasteiger charge is -2.36. The molecule has 0 radical (unpaired) electrons. The van der Waals surface area contributed by atoms with E-state index in [1.807, 2.05) is 42.2 Å². The zero-order valence-corrected chi connectivity index (χ0v) is 12.3. The molecule has 1 amide bonds. The van der Waals surface area contributed by atoms with E-state index in [0.717, 1.165) is 16.8 Å². The molecule has 0 aliphatic carbocycles. The van der Waals surface area contributed by atoms with Crippen LogP contribution in [-0.2, 0) is 14.3 Å². The molecular weight excluding hydrogens is 268 g/mol. The van der Waals surface area contributed by atoms with E-state index in [2.05, 4.69) is 10.1 Å². The molecule has 1 aromatic carbocycles. The van der Waals surface area contributed by atoms with E-state index in [-0.39, 0.29) is 12.1 Å². The Hall–Kier alpha value is -2.56. The number of carbonyl (C=O) groups excluding carboxylic acids is 2. The molecule has 1 aliphatic rings. The van der Waals surface area contributed by atoms with Gasteiger partial charge < -0.3 is 15.0 Å². The summed E-state index contributed by atoms with van der Waals surface area (Å²) in [5, 5.41) is 2.88. The molecule has 110 valence electrons. The van der Waals surface area contributed by atoms with Crippen LogP contribution >= 0.6 is 0 Å². The fourth-order valence-corrected chi connectivity index (χ4v) is 2.28. The van der Waals surface area contributed by atoms with Gasteiger partial charge in [0.05, 0.1) is 7.11 Å². The van der Waals surface area contributed by atoms with Crippen molar-refractivity contribution in [2.75, 3.05) is 12.0 Å². The minimum atomic E-state index is -0.443. The average Bonchev–Trinajstić information content (AvgIpc) is 2.46. The van der Waals surface area contributed by atoms with E-state index in [0.29, 0.717) is 0 Å². The van der Waals surface area contributed by atoms with Crippen molar-refractivity contribution in [3.63, 3.8) is 0 Å². The van der Waals surface area contributed by atoms with Crippen LogP contribution in [0.15, 0.2) is 42.1 Å². The van der Waals surface area contributed by atoms with Crippen molar-refractivity contribution in [1.29, 1.82) is 0 Å². The van der Waals surface area contributed by atoms with Crippen molar-refractivity contribution >= 4 is 23.6 Å². The molecule has 1 heterocycles. The van der Waals surface area contributed by atoms with Crippen LogP contribution in [0.1, 0.15) is 19.4 Å². The highest BCUT2D eigenvalue weighted by atomic mass is 16.5. The summed E-state index contributed by atoms with van der Waals surface area (Å²) in [7, 11) is 1.33. The SMILES string of the molecule is COC(=O)/C=C/N1c2ccccc2C=C(C)C1NC(C)=O. The number of carbonyl (C=O) groups is 2. The zero-order valence-electron chi connectivity index (χ0n) is 12.3. The second-order valence-corrected chi connectivity index (χ2v) is 4.80. The van der Waals surface area contributed by atoms with Gasteiger partial charge in [-0.25, -0.2) is 4.79 Å². The molecule has 21 heavy (non-hydrogen) atoms. The average molecular weight is 286 g/mol. The third kappa shape index (κ3) is 3.31. The van der Waals surface area contributed by atoms with Crippen molar-refractivity contribution in [3.8, 4) is 0 Å². The fourth-order valence-electron chi connectivity index (χ4n) is 2.28. The predicted octanol–water partition coefficient (Wildman–Crippen LogP) is 2.06. The molecule has 1 atom stereocenters. The fraction of sp³-hybridized carbons (Fsp3) is 0.250. The quantitative estimate of drug-likeness (QED) is 0.682. The number of hydrogen-bond donors (Lipinski definition) is 1. The Balaban J connectivity index is 2.43.